The lowest BCUT2D eigenvalue weighted by Crippen LogP contribution is -2.52. The van der Waals surface area contributed by atoms with Crippen molar-refractivity contribution in [2.45, 2.75) is 0 Å². The second-order valence-corrected chi connectivity index (χ2v) is 6.93. The Kier molecular flexibility index (Phi) is 6.63. The number of carbonyl (C=O) groups is 2. The third-order valence-electron chi connectivity index (χ3n) is 4.58. The van der Waals surface area contributed by atoms with Crippen molar-refractivity contribution in [1.29, 1.82) is 0 Å². The van der Waals surface area contributed by atoms with Gasteiger partial charge in [-0.1, -0.05) is 29.8 Å². The van der Waals surface area contributed by atoms with E-state index in [1.165, 1.54) is 6.07 Å². The highest BCUT2D eigenvalue weighted by atomic mass is 35.5. The molecule has 3 rings (SSSR count). The van der Waals surface area contributed by atoms with Crippen LogP contribution in [0.2, 0.25) is 5.02 Å². The molecular weight excluding hydrogens is 398 g/mol. The number of non-ortho nitro benzene ring substituents is 1. The van der Waals surface area contributed by atoms with E-state index in [0.29, 0.717) is 31.2 Å². The summed E-state index contributed by atoms with van der Waals surface area (Å²) in [6, 6.07) is 13.1. The molecule has 2 amide bonds. The Morgan fingerprint density at radius 1 is 1.03 bits per heavy atom. The number of amides is 2. The molecule has 10 heteroatoms. The lowest BCUT2D eigenvalue weighted by molar-refractivity contribution is -0.384. The maximum atomic E-state index is 12.1. The highest BCUT2D eigenvalue weighted by Crippen LogP contribution is 2.22. The monoisotopic (exact) mass is 417 g/mol. The topological polar surface area (TPSA) is 108 Å². The maximum absolute atomic E-state index is 12.1. The van der Waals surface area contributed by atoms with Gasteiger partial charge in [-0.15, -0.1) is 0 Å². The Bertz CT molecular complexity index is 915. The highest BCUT2D eigenvalue weighted by Gasteiger charge is 2.21. The number of nitrogens with zero attached hydrogens (tertiary/aromatic N) is 3. The van der Waals surface area contributed by atoms with Gasteiger partial charge in [0.15, 0.2) is 0 Å². The Morgan fingerprint density at radius 2 is 1.76 bits per heavy atom. The van der Waals surface area contributed by atoms with E-state index < -0.39 is 10.8 Å². The van der Waals surface area contributed by atoms with E-state index in [1.54, 1.807) is 36.4 Å². The Labute approximate surface area is 172 Å². The number of halogens is 1. The van der Waals surface area contributed by atoms with E-state index in [-0.39, 0.29) is 23.7 Å². The molecule has 1 aliphatic heterocycles. The summed E-state index contributed by atoms with van der Waals surface area (Å²) in [4.78, 5) is 38.7. The van der Waals surface area contributed by atoms with Gasteiger partial charge in [-0.25, -0.2) is 0 Å². The number of hydrogen-bond donors (Lipinski definition) is 2. The van der Waals surface area contributed by atoms with Gasteiger partial charge in [0, 0.05) is 44.0 Å². The molecule has 1 saturated heterocycles. The molecule has 1 aliphatic rings. The van der Waals surface area contributed by atoms with Crippen molar-refractivity contribution < 1.29 is 14.5 Å². The molecule has 0 unspecified atom stereocenters. The molecule has 0 atom stereocenters. The first-order chi connectivity index (χ1) is 13.9. The fourth-order valence-corrected chi connectivity index (χ4v) is 3.27. The fourth-order valence-electron chi connectivity index (χ4n) is 3.05. The molecule has 1 fully saturated rings. The summed E-state index contributed by atoms with van der Waals surface area (Å²) >= 11 is 5.96. The quantitative estimate of drug-likeness (QED) is 0.567. The number of benzene rings is 2. The summed E-state index contributed by atoms with van der Waals surface area (Å²) in [5.41, 5.74) is 5.87. The molecule has 2 aromatic carbocycles. The fraction of sp³-hybridized carbons (Fsp3) is 0.263. The smallest absolute Gasteiger partial charge is 0.271 e. The summed E-state index contributed by atoms with van der Waals surface area (Å²) < 4.78 is 0. The highest BCUT2D eigenvalue weighted by molar-refractivity contribution is 6.33. The molecule has 1 heterocycles. The van der Waals surface area contributed by atoms with Gasteiger partial charge in [-0.3, -0.25) is 35.5 Å². The number of hydrazine groups is 1. The van der Waals surface area contributed by atoms with Crippen LogP contribution in [0.3, 0.4) is 0 Å². The van der Waals surface area contributed by atoms with Crippen LogP contribution in [0.5, 0.6) is 0 Å². The third kappa shape index (κ3) is 5.43. The molecule has 0 spiro atoms. The van der Waals surface area contributed by atoms with E-state index in [9.17, 15) is 19.7 Å². The standard InChI is InChI=1S/C19H20ClN5O4/c20-17-7-2-1-6-16(17)19(27)22-21-18(26)13-23-8-10-24(11-9-23)14-4-3-5-15(12-14)25(28)29/h1-7,12H,8-11,13H2,(H,21,26)(H,22,27). The third-order valence-corrected chi connectivity index (χ3v) is 4.91. The van der Waals surface area contributed by atoms with Gasteiger partial charge < -0.3 is 4.90 Å². The van der Waals surface area contributed by atoms with E-state index in [2.05, 4.69) is 10.9 Å². The van der Waals surface area contributed by atoms with Crippen LogP contribution >= 0.6 is 11.6 Å². The van der Waals surface area contributed by atoms with E-state index in [1.807, 2.05) is 15.9 Å². The lowest BCUT2D eigenvalue weighted by Gasteiger charge is -2.35. The number of anilines is 1. The summed E-state index contributed by atoms with van der Waals surface area (Å²) in [6.07, 6.45) is 0. The van der Waals surface area contributed by atoms with Gasteiger partial charge in [-0.2, -0.15) is 0 Å². The first kappa shape index (κ1) is 20.6. The second-order valence-electron chi connectivity index (χ2n) is 6.52. The number of rotatable bonds is 5. The molecule has 0 aromatic heterocycles. The van der Waals surface area contributed by atoms with Crippen LogP contribution in [-0.2, 0) is 4.79 Å². The van der Waals surface area contributed by atoms with Crippen LogP contribution < -0.4 is 15.8 Å². The van der Waals surface area contributed by atoms with Gasteiger partial charge in [0.25, 0.3) is 17.5 Å². The minimum atomic E-state index is -0.487. The number of nitro groups is 1. The largest absolute Gasteiger partial charge is 0.369 e. The van der Waals surface area contributed by atoms with Gasteiger partial charge in [0.2, 0.25) is 0 Å². The second kappa shape index (κ2) is 9.35. The predicted octanol–water partition coefficient (Wildman–Crippen LogP) is 1.83. The summed E-state index contributed by atoms with van der Waals surface area (Å²) in [7, 11) is 0. The number of nitrogens with one attached hydrogen (secondary N) is 2. The average Bonchev–Trinajstić information content (AvgIpc) is 2.73. The minimum Gasteiger partial charge on any atom is -0.369 e. The van der Waals surface area contributed by atoms with Crippen LogP contribution in [0.1, 0.15) is 10.4 Å². The lowest BCUT2D eigenvalue weighted by atomic mass is 10.2. The zero-order chi connectivity index (χ0) is 20.8. The zero-order valence-corrected chi connectivity index (χ0v) is 16.3. The van der Waals surface area contributed by atoms with Crippen molar-refractivity contribution in [3.05, 3.63) is 69.2 Å². The van der Waals surface area contributed by atoms with Crippen LogP contribution in [-0.4, -0.2) is 54.4 Å². The Morgan fingerprint density at radius 3 is 2.45 bits per heavy atom. The predicted molar refractivity (Wildman–Crippen MR) is 109 cm³/mol. The Balaban J connectivity index is 1.45. The van der Waals surface area contributed by atoms with Crippen molar-refractivity contribution in [1.82, 2.24) is 15.8 Å². The summed E-state index contributed by atoms with van der Waals surface area (Å²) in [6.45, 7) is 2.65. The first-order valence-electron chi connectivity index (χ1n) is 8.99. The van der Waals surface area contributed by atoms with Gasteiger partial charge >= 0.3 is 0 Å². The number of piperazine rings is 1. The molecule has 2 N–H and O–H groups in total. The summed E-state index contributed by atoms with van der Waals surface area (Å²) in [5.74, 6) is -0.825. The molecule has 152 valence electrons. The minimum absolute atomic E-state index is 0.0542. The van der Waals surface area contributed by atoms with E-state index in [0.717, 1.165) is 5.69 Å². The van der Waals surface area contributed by atoms with Crippen molar-refractivity contribution in [3.63, 3.8) is 0 Å². The van der Waals surface area contributed by atoms with Gasteiger partial charge in [0.1, 0.15) is 0 Å². The number of nitro benzene ring substituents is 1. The Hall–Kier alpha value is -3.17. The van der Waals surface area contributed by atoms with Crippen LogP contribution in [0, 0.1) is 10.1 Å². The van der Waals surface area contributed by atoms with E-state index in [4.69, 9.17) is 11.6 Å². The van der Waals surface area contributed by atoms with Crippen LogP contribution in [0.4, 0.5) is 11.4 Å². The first-order valence-corrected chi connectivity index (χ1v) is 9.37. The van der Waals surface area contributed by atoms with Gasteiger partial charge in [-0.05, 0) is 18.2 Å². The molecule has 0 aliphatic carbocycles. The van der Waals surface area contributed by atoms with Crippen molar-refractivity contribution in [2.24, 2.45) is 0 Å². The molecular formula is C19H20ClN5O4. The van der Waals surface area contributed by atoms with Crippen molar-refractivity contribution >= 4 is 34.8 Å². The normalized spacial score (nSPS) is 14.3. The molecule has 9 nitrogen and oxygen atoms in total. The molecule has 29 heavy (non-hydrogen) atoms. The van der Waals surface area contributed by atoms with E-state index >= 15 is 0 Å². The SMILES string of the molecule is O=C(CN1CCN(c2cccc([N+](=O)[O-])c2)CC1)NNC(=O)c1ccccc1Cl. The van der Waals surface area contributed by atoms with Crippen LogP contribution in [0.15, 0.2) is 48.5 Å². The molecule has 2 aromatic rings. The maximum Gasteiger partial charge on any atom is 0.271 e. The molecule has 0 radical (unpaired) electrons. The molecule has 0 saturated carbocycles. The number of carbonyl (C=O) groups excluding carboxylic acids is 2. The summed E-state index contributed by atoms with van der Waals surface area (Å²) in [5, 5.41) is 11.2. The molecule has 0 bridgehead atoms. The van der Waals surface area contributed by atoms with Gasteiger partial charge in [0.05, 0.1) is 22.1 Å². The zero-order valence-electron chi connectivity index (χ0n) is 15.5. The van der Waals surface area contributed by atoms with Crippen LogP contribution in [0.25, 0.3) is 0 Å². The number of hydrogen-bond acceptors (Lipinski definition) is 6. The van der Waals surface area contributed by atoms with Crippen molar-refractivity contribution in [2.75, 3.05) is 37.6 Å². The van der Waals surface area contributed by atoms with Crippen molar-refractivity contribution in [3.8, 4) is 0 Å². The average molecular weight is 418 g/mol.